The van der Waals surface area contributed by atoms with Gasteiger partial charge >= 0.3 is 0 Å². The first kappa shape index (κ1) is 18.9. The van der Waals surface area contributed by atoms with E-state index in [1.54, 1.807) is 8.20 Å². The topological polar surface area (TPSA) is 0 Å². The van der Waals surface area contributed by atoms with Gasteiger partial charge in [0, 0.05) is 0 Å². The molecule has 3 heteroatoms. The number of allylic oxidation sites excluding steroid dienone is 1. The first-order valence-corrected chi connectivity index (χ1v) is 14.4. The lowest BCUT2D eigenvalue weighted by Crippen LogP contribution is -2.59. The molecule has 0 aromatic heterocycles. The third-order valence-corrected chi connectivity index (χ3v) is 16.4. The Morgan fingerprint density at radius 1 is 0.818 bits per heavy atom. The zero-order valence-electron chi connectivity index (χ0n) is 16.9. The summed E-state index contributed by atoms with van der Waals surface area (Å²) in [7, 11) is 0.357. The fourth-order valence-corrected chi connectivity index (χ4v) is 16.8. The van der Waals surface area contributed by atoms with Crippen molar-refractivity contribution >= 4 is 29.2 Å². The molecule has 0 aromatic rings. The highest BCUT2D eigenvalue weighted by atomic mass is 31.2. The number of hydrogen-bond donors (Lipinski definition) is 0. The van der Waals surface area contributed by atoms with E-state index in [2.05, 4.69) is 82.0 Å². The van der Waals surface area contributed by atoms with E-state index in [4.69, 9.17) is 0 Å². The largest absolute Gasteiger partial charge is 0.0822 e. The molecule has 2 aliphatic heterocycles. The Hall–Kier alpha value is 0.557. The number of hydrogen-bond acceptors (Lipinski definition) is 0. The van der Waals surface area contributed by atoms with E-state index in [0.29, 0.717) is 21.1 Å². The summed E-state index contributed by atoms with van der Waals surface area (Å²) in [4.78, 5) is 2.42. The maximum atomic E-state index is 2.57. The summed E-state index contributed by atoms with van der Waals surface area (Å²) in [6.07, 6.45) is 0. The van der Waals surface area contributed by atoms with Crippen LogP contribution in [0.2, 0.25) is 19.6 Å². The van der Waals surface area contributed by atoms with Gasteiger partial charge in [-0.1, -0.05) is 95.1 Å². The molecule has 0 amide bonds. The van der Waals surface area contributed by atoms with Gasteiger partial charge in [0.25, 0.3) is 0 Å². The maximum absolute atomic E-state index is 2.57. The molecule has 0 nitrogen and oxygen atoms in total. The lowest BCUT2D eigenvalue weighted by atomic mass is 9.75. The highest BCUT2D eigenvalue weighted by Crippen LogP contribution is 2.91. The molecular formula is C19H36P2Si. The molecule has 2 rings (SSSR count). The van der Waals surface area contributed by atoms with Crippen LogP contribution in [0.15, 0.2) is 10.5 Å². The molecule has 0 fully saturated rings. The minimum absolute atomic E-state index is 0.0316. The van der Waals surface area contributed by atoms with Crippen LogP contribution in [0.5, 0.6) is 0 Å². The van der Waals surface area contributed by atoms with Gasteiger partial charge in [-0.3, -0.25) is 0 Å². The van der Waals surface area contributed by atoms with Crippen molar-refractivity contribution in [2.75, 3.05) is 0 Å². The molecule has 0 aromatic carbocycles. The molecule has 2 heterocycles. The first-order chi connectivity index (χ1) is 9.46. The summed E-state index contributed by atoms with van der Waals surface area (Å²) >= 11 is 0. The monoisotopic (exact) mass is 354 g/mol. The molecule has 0 saturated heterocycles. The van der Waals surface area contributed by atoms with Crippen molar-refractivity contribution in [1.29, 1.82) is 0 Å². The second-order valence-corrected chi connectivity index (χ2v) is 20.9. The lowest BCUT2D eigenvalue weighted by Gasteiger charge is -2.70. The van der Waals surface area contributed by atoms with Crippen molar-refractivity contribution in [3.63, 3.8) is 0 Å². The van der Waals surface area contributed by atoms with Gasteiger partial charge < -0.3 is 0 Å². The molecule has 0 radical (unpaired) electrons. The number of rotatable bonds is 1. The standard InChI is InChI=1S/C19H36P2Si/c1-16(2,3)13-14(22(10,11)12)21-15(17(4,5)6)20-19(13,21)18(7,8)9/h1-12H3/t19-,21?/m0/s1. The van der Waals surface area contributed by atoms with Gasteiger partial charge in [-0.05, 0) is 34.8 Å². The van der Waals surface area contributed by atoms with Crippen molar-refractivity contribution < 1.29 is 0 Å². The minimum Gasteiger partial charge on any atom is -0.0822 e. The van der Waals surface area contributed by atoms with E-state index in [9.17, 15) is 0 Å². The van der Waals surface area contributed by atoms with Crippen LogP contribution in [0.3, 0.4) is 0 Å². The average molecular weight is 355 g/mol. The summed E-state index contributed by atoms with van der Waals surface area (Å²) in [5, 5.41) is 1.86. The smallest absolute Gasteiger partial charge is 0.0787 e. The third kappa shape index (κ3) is 2.46. The number of fused-ring (bicyclic) bond motifs is 1. The highest BCUT2D eigenvalue weighted by molar-refractivity contribution is 8.05. The van der Waals surface area contributed by atoms with E-state index in [-0.39, 0.29) is 7.92 Å². The van der Waals surface area contributed by atoms with Crippen LogP contribution in [0.4, 0.5) is 0 Å². The van der Waals surface area contributed by atoms with E-state index < -0.39 is 8.07 Å². The van der Waals surface area contributed by atoms with Crippen LogP contribution in [0.25, 0.3) is 0 Å². The average Bonchev–Trinajstić information content (AvgIpc) is 2.12. The zero-order chi connectivity index (χ0) is 17.5. The van der Waals surface area contributed by atoms with E-state index in [0.717, 1.165) is 0 Å². The molecule has 1 unspecified atom stereocenters. The van der Waals surface area contributed by atoms with Gasteiger partial charge in [-0.2, -0.15) is 0 Å². The molecule has 0 aliphatic carbocycles. The normalized spacial score (nSPS) is 30.4. The predicted octanol–water partition coefficient (Wildman–Crippen LogP) is 7.54. The molecule has 0 saturated carbocycles. The van der Waals surface area contributed by atoms with Crippen LogP contribution in [0, 0.1) is 16.2 Å². The molecule has 22 heavy (non-hydrogen) atoms. The summed E-state index contributed by atoms with van der Waals surface area (Å²) in [5.41, 5.74) is 2.92. The second-order valence-electron chi connectivity index (χ2n) is 11.2. The summed E-state index contributed by atoms with van der Waals surface area (Å²) in [5.74, 6) is 0. The Kier molecular flexibility index (Phi) is 4.12. The Morgan fingerprint density at radius 3 is 1.55 bits per heavy atom. The maximum Gasteiger partial charge on any atom is 0.0787 e. The van der Waals surface area contributed by atoms with Gasteiger partial charge in [-0.25, -0.2) is 0 Å². The molecular weight excluding hydrogens is 318 g/mol. The van der Waals surface area contributed by atoms with Crippen molar-refractivity contribution in [1.82, 2.24) is 0 Å². The Morgan fingerprint density at radius 2 is 1.27 bits per heavy atom. The van der Waals surface area contributed by atoms with Crippen molar-refractivity contribution in [3.05, 3.63) is 10.5 Å². The molecule has 126 valence electrons. The van der Waals surface area contributed by atoms with Crippen LogP contribution < -0.4 is 0 Å². The Labute approximate surface area is 143 Å². The molecule has 0 N–H and O–H groups in total. The van der Waals surface area contributed by atoms with E-state index >= 15 is 0 Å². The lowest BCUT2D eigenvalue weighted by molar-refractivity contribution is 0.333. The van der Waals surface area contributed by atoms with E-state index in [1.165, 1.54) is 0 Å². The third-order valence-electron chi connectivity index (χ3n) is 4.79. The predicted molar refractivity (Wildman–Crippen MR) is 110 cm³/mol. The second kappa shape index (κ2) is 4.80. The molecule has 2 aliphatic rings. The quantitative estimate of drug-likeness (QED) is 0.337. The first-order valence-electron chi connectivity index (χ1n) is 8.62. The van der Waals surface area contributed by atoms with Gasteiger partial charge in [0.2, 0.25) is 0 Å². The van der Waals surface area contributed by atoms with Gasteiger partial charge in [0.15, 0.2) is 0 Å². The van der Waals surface area contributed by atoms with E-state index in [1.807, 2.05) is 15.5 Å². The van der Waals surface area contributed by atoms with Crippen molar-refractivity contribution in [2.24, 2.45) is 16.2 Å². The molecule has 0 bridgehead atoms. The highest BCUT2D eigenvalue weighted by Gasteiger charge is 2.69. The fourth-order valence-electron chi connectivity index (χ4n) is 3.99. The summed E-state index contributed by atoms with van der Waals surface area (Å²) in [6, 6.07) is 0. The van der Waals surface area contributed by atoms with Crippen LogP contribution in [0.1, 0.15) is 62.3 Å². The summed E-state index contributed by atoms with van der Waals surface area (Å²) in [6.45, 7) is 29.8. The molecule has 2 atom stereocenters. The molecule has 0 spiro atoms. The van der Waals surface area contributed by atoms with Gasteiger partial charge in [-0.15, -0.1) is 0 Å². The Balaban J connectivity index is 2.73. The van der Waals surface area contributed by atoms with Crippen molar-refractivity contribution in [2.45, 2.75) is 86.9 Å². The van der Waals surface area contributed by atoms with Crippen molar-refractivity contribution in [3.8, 4) is 0 Å². The van der Waals surface area contributed by atoms with Crippen LogP contribution >= 0.6 is 16.1 Å². The fraction of sp³-hybridized carbons (Fsp3) is 0.842. The van der Waals surface area contributed by atoms with Gasteiger partial charge in [0.05, 0.1) is 13.0 Å². The van der Waals surface area contributed by atoms with Crippen LogP contribution in [-0.2, 0) is 0 Å². The van der Waals surface area contributed by atoms with Crippen LogP contribution in [-0.4, -0.2) is 18.0 Å². The Bertz CT molecular complexity index is 556. The SMILES string of the molecule is CC(C)(C)C1=P[C@@]2(C(C)(C)C)C(C(C)(C)C)=C([Si](C)(C)C)P12. The minimum atomic E-state index is -1.26. The summed E-state index contributed by atoms with van der Waals surface area (Å²) < 4.78 is 0. The van der Waals surface area contributed by atoms with Gasteiger partial charge in [0.1, 0.15) is 0 Å². The zero-order valence-corrected chi connectivity index (χ0v) is 19.7.